The molecule has 0 fully saturated rings. The van der Waals surface area contributed by atoms with E-state index < -0.39 is 0 Å². The van der Waals surface area contributed by atoms with E-state index in [2.05, 4.69) is 29.5 Å². The van der Waals surface area contributed by atoms with Crippen molar-refractivity contribution in [1.82, 2.24) is 4.98 Å². The number of benzene rings is 1. The molecule has 5 heteroatoms. The number of hydrogen-bond acceptors (Lipinski definition) is 4. The van der Waals surface area contributed by atoms with Gasteiger partial charge in [-0.25, -0.2) is 4.98 Å². The van der Waals surface area contributed by atoms with Crippen molar-refractivity contribution in [3.8, 4) is 0 Å². The average molecular weight is 326 g/mol. The summed E-state index contributed by atoms with van der Waals surface area (Å²) < 4.78 is 0. The predicted octanol–water partition coefficient (Wildman–Crippen LogP) is 3.86. The molecule has 24 heavy (non-hydrogen) atoms. The third-order valence-corrected chi connectivity index (χ3v) is 3.70. The predicted molar refractivity (Wildman–Crippen MR) is 101 cm³/mol. The number of nitrogens with one attached hydrogen (secondary N) is 2. The van der Waals surface area contributed by atoms with Crippen LogP contribution in [0, 0.1) is 5.92 Å². The summed E-state index contributed by atoms with van der Waals surface area (Å²) in [5, 5.41) is 6.15. The molecule has 2 rings (SSSR count). The van der Waals surface area contributed by atoms with Crippen LogP contribution in [0.4, 0.5) is 17.2 Å². The Morgan fingerprint density at radius 3 is 2.38 bits per heavy atom. The molecule has 0 saturated heterocycles. The molecular weight excluding hydrogens is 300 g/mol. The number of pyridine rings is 1. The van der Waals surface area contributed by atoms with Gasteiger partial charge in [-0.15, -0.1) is 0 Å². The summed E-state index contributed by atoms with van der Waals surface area (Å²) in [6, 6.07) is 11.3. The first kappa shape index (κ1) is 17.8. The molecule has 5 nitrogen and oxygen atoms in total. The van der Waals surface area contributed by atoms with Crippen LogP contribution in [0.25, 0.3) is 0 Å². The van der Waals surface area contributed by atoms with Gasteiger partial charge in [0.05, 0.1) is 5.56 Å². The first-order valence-corrected chi connectivity index (χ1v) is 8.24. The van der Waals surface area contributed by atoms with Crippen molar-refractivity contribution in [3.05, 3.63) is 48.2 Å². The van der Waals surface area contributed by atoms with Gasteiger partial charge < -0.3 is 15.5 Å². The normalized spacial score (nSPS) is 10.5. The van der Waals surface area contributed by atoms with Gasteiger partial charge >= 0.3 is 0 Å². The summed E-state index contributed by atoms with van der Waals surface area (Å²) in [6.45, 7) is 5.26. The molecule has 1 aromatic carbocycles. The highest BCUT2D eigenvalue weighted by atomic mass is 16.1. The summed E-state index contributed by atoms with van der Waals surface area (Å²) >= 11 is 0. The van der Waals surface area contributed by atoms with E-state index in [1.807, 2.05) is 49.3 Å². The number of amides is 1. The topological polar surface area (TPSA) is 57.3 Å². The molecule has 1 heterocycles. The minimum Gasteiger partial charge on any atom is -0.378 e. The number of hydrogen-bond donors (Lipinski definition) is 2. The average Bonchev–Trinajstić information content (AvgIpc) is 2.55. The lowest BCUT2D eigenvalue weighted by Crippen LogP contribution is -2.13. The van der Waals surface area contributed by atoms with Gasteiger partial charge in [-0.2, -0.15) is 0 Å². The number of rotatable bonds is 7. The van der Waals surface area contributed by atoms with Crippen LogP contribution < -0.4 is 15.5 Å². The number of anilines is 3. The number of carbonyl (C=O) groups is 1. The smallest absolute Gasteiger partial charge is 0.257 e. The van der Waals surface area contributed by atoms with Gasteiger partial charge in [0.25, 0.3) is 5.91 Å². The molecule has 0 aliphatic heterocycles. The third kappa shape index (κ3) is 5.26. The molecule has 0 saturated carbocycles. The zero-order valence-electron chi connectivity index (χ0n) is 14.8. The van der Waals surface area contributed by atoms with Crippen molar-refractivity contribution < 1.29 is 4.79 Å². The number of aromatic nitrogens is 1. The Labute approximate surface area is 144 Å². The van der Waals surface area contributed by atoms with Gasteiger partial charge in [0, 0.05) is 38.2 Å². The zero-order valence-corrected chi connectivity index (χ0v) is 14.8. The summed E-state index contributed by atoms with van der Waals surface area (Å²) in [4.78, 5) is 18.6. The van der Waals surface area contributed by atoms with Crippen LogP contribution in [0.3, 0.4) is 0 Å². The van der Waals surface area contributed by atoms with Crippen molar-refractivity contribution in [2.75, 3.05) is 36.2 Å². The van der Waals surface area contributed by atoms with Crippen molar-refractivity contribution in [3.63, 3.8) is 0 Å². The lowest BCUT2D eigenvalue weighted by atomic mass is 10.1. The van der Waals surface area contributed by atoms with Gasteiger partial charge in [0.2, 0.25) is 0 Å². The summed E-state index contributed by atoms with van der Waals surface area (Å²) in [5.74, 6) is 1.29. The minimum atomic E-state index is -0.158. The van der Waals surface area contributed by atoms with E-state index in [0.717, 1.165) is 30.2 Å². The van der Waals surface area contributed by atoms with Gasteiger partial charge in [0.15, 0.2) is 0 Å². The maximum Gasteiger partial charge on any atom is 0.257 e. The molecule has 0 bridgehead atoms. The van der Waals surface area contributed by atoms with Gasteiger partial charge in [-0.1, -0.05) is 13.8 Å². The SMILES string of the molecule is CC(C)CCNc1ccc(C(=O)Nc2ccc(N(C)C)cc2)cn1. The highest BCUT2D eigenvalue weighted by Crippen LogP contribution is 2.16. The van der Waals surface area contributed by atoms with Crippen LogP contribution in [-0.4, -0.2) is 31.5 Å². The van der Waals surface area contributed by atoms with E-state index in [9.17, 15) is 4.79 Å². The Morgan fingerprint density at radius 1 is 1.12 bits per heavy atom. The molecule has 0 unspecified atom stereocenters. The lowest BCUT2D eigenvalue weighted by molar-refractivity contribution is 0.102. The minimum absolute atomic E-state index is 0.158. The molecule has 2 N–H and O–H groups in total. The highest BCUT2D eigenvalue weighted by Gasteiger charge is 2.07. The Morgan fingerprint density at radius 2 is 1.83 bits per heavy atom. The molecule has 0 spiro atoms. The molecule has 1 aromatic heterocycles. The Kier molecular flexibility index (Phi) is 6.18. The molecule has 128 valence electrons. The Hall–Kier alpha value is -2.56. The van der Waals surface area contributed by atoms with Gasteiger partial charge in [-0.3, -0.25) is 4.79 Å². The van der Waals surface area contributed by atoms with Crippen molar-refractivity contribution in [2.24, 2.45) is 5.92 Å². The maximum atomic E-state index is 12.3. The quantitative estimate of drug-likeness (QED) is 0.811. The second kappa shape index (κ2) is 8.34. The molecule has 0 atom stereocenters. The molecule has 2 aromatic rings. The van der Waals surface area contributed by atoms with Gasteiger partial charge in [0.1, 0.15) is 5.82 Å². The first-order valence-electron chi connectivity index (χ1n) is 8.24. The van der Waals surface area contributed by atoms with E-state index >= 15 is 0 Å². The fourth-order valence-electron chi connectivity index (χ4n) is 2.17. The van der Waals surface area contributed by atoms with Gasteiger partial charge in [-0.05, 0) is 48.7 Å². The van der Waals surface area contributed by atoms with Crippen LogP contribution in [0.5, 0.6) is 0 Å². The second-order valence-electron chi connectivity index (χ2n) is 6.44. The monoisotopic (exact) mass is 326 g/mol. The third-order valence-electron chi connectivity index (χ3n) is 3.70. The fourth-order valence-corrected chi connectivity index (χ4v) is 2.17. The summed E-state index contributed by atoms with van der Waals surface area (Å²) in [5.41, 5.74) is 2.40. The Bertz CT molecular complexity index is 648. The molecule has 1 amide bonds. The largest absolute Gasteiger partial charge is 0.378 e. The molecular formula is C19H26N4O. The van der Waals surface area contributed by atoms with Crippen LogP contribution in [0.1, 0.15) is 30.6 Å². The molecule has 0 aliphatic carbocycles. The number of nitrogens with zero attached hydrogens (tertiary/aromatic N) is 2. The second-order valence-corrected chi connectivity index (χ2v) is 6.44. The fraction of sp³-hybridized carbons (Fsp3) is 0.368. The van der Waals surface area contributed by atoms with E-state index in [1.54, 1.807) is 12.3 Å². The highest BCUT2D eigenvalue weighted by molar-refractivity contribution is 6.04. The van der Waals surface area contributed by atoms with Crippen molar-refractivity contribution >= 4 is 23.1 Å². The number of carbonyl (C=O) groups excluding carboxylic acids is 1. The zero-order chi connectivity index (χ0) is 17.5. The molecule has 0 radical (unpaired) electrons. The Balaban J connectivity index is 1.92. The van der Waals surface area contributed by atoms with Crippen molar-refractivity contribution in [1.29, 1.82) is 0 Å². The van der Waals surface area contributed by atoms with Crippen LogP contribution in [-0.2, 0) is 0 Å². The van der Waals surface area contributed by atoms with Crippen LogP contribution in [0.2, 0.25) is 0 Å². The van der Waals surface area contributed by atoms with Crippen LogP contribution >= 0.6 is 0 Å². The first-order chi connectivity index (χ1) is 11.5. The van der Waals surface area contributed by atoms with E-state index in [-0.39, 0.29) is 5.91 Å². The van der Waals surface area contributed by atoms with E-state index in [4.69, 9.17) is 0 Å². The van der Waals surface area contributed by atoms with Crippen LogP contribution in [0.15, 0.2) is 42.6 Å². The summed E-state index contributed by atoms with van der Waals surface area (Å²) in [7, 11) is 3.96. The van der Waals surface area contributed by atoms with E-state index in [1.165, 1.54) is 0 Å². The van der Waals surface area contributed by atoms with Crippen molar-refractivity contribution in [2.45, 2.75) is 20.3 Å². The lowest BCUT2D eigenvalue weighted by Gasteiger charge is -2.13. The summed E-state index contributed by atoms with van der Waals surface area (Å²) in [6.07, 6.45) is 2.69. The van der Waals surface area contributed by atoms with E-state index in [0.29, 0.717) is 11.5 Å². The maximum absolute atomic E-state index is 12.3. The standard InChI is InChI=1S/C19H26N4O/c1-14(2)11-12-20-18-10-5-15(13-21-18)19(24)22-16-6-8-17(9-7-16)23(3)4/h5-10,13-14H,11-12H2,1-4H3,(H,20,21)(H,22,24). The molecule has 0 aliphatic rings.